The SMILES string of the molecule is CCCCCn1nc(C(=O)NNC(=O)c2ccc(Br)cc2F)c2ccccc2c1=O. The first-order valence-electron chi connectivity index (χ1n) is 9.48. The highest BCUT2D eigenvalue weighted by Gasteiger charge is 2.18. The molecule has 0 aliphatic carbocycles. The average Bonchev–Trinajstić information content (AvgIpc) is 2.73. The van der Waals surface area contributed by atoms with Crippen LogP contribution in [0.4, 0.5) is 4.39 Å². The molecule has 1 aromatic heterocycles. The van der Waals surface area contributed by atoms with E-state index in [1.54, 1.807) is 24.3 Å². The Morgan fingerprint density at radius 2 is 1.77 bits per heavy atom. The summed E-state index contributed by atoms with van der Waals surface area (Å²) < 4.78 is 15.7. The van der Waals surface area contributed by atoms with Crippen LogP contribution in [0.15, 0.2) is 51.7 Å². The topological polar surface area (TPSA) is 93.1 Å². The highest BCUT2D eigenvalue weighted by atomic mass is 79.9. The fraction of sp³-hybridized carbons (Fsp3) is 0.238. The smallest absolute Gasteiger partial charge is 0.267 e. The number of halogens is 2. The zero-order valence-electron chi connectivity index (χ0n) is 16.2. The first-order valence-corrected chi connectivity index (χ1v) is 10.3. The predicted molar refractivity (Wildman–Crippen MR) is 115 cm³/mol. The van der Waals surface area contributed by atoms with Gasteiger partial charge < -0.3 is 0 Å². The van der Waals surface area contributed by atoms with Gasteiger partial charge in [-0.05, 0) is 30.7 Å². The van der Waals surface area contributed by atoms with Gasteiger partial charge in [-0.15, -0.1) is 0 Å². The average molecular weight is 475 g/mol. The summed E-state index contributed by atoms with van der Waals surface area (Å²) in [5, 5.41) is 4.94. The zero-order valence-corrected chi connectivity index (χ0v) is 17.8. The molecule has 0 fully saturated rings. The number of hydrogen-bond acceptors (Lipinski definition) is 4. The second kappa shape index (κ2) is 9.62. The number of hydrazine groups is 1. The van der Waals surface area contributed by atoms with Crippen LogP contribution in [0.25, 0.3) is 10.8 Å². The van der Waals surface area contributed by atoms with Gasteiger partial charge in [0.15, 0.2) is 5.69 Å². The van der Waals surface area contributed by atoms with E-state index < -0.39 is 17.6 Å². The van der Waals surface area contributed by atoms with E-state index >= 15 is 0 Å². The molecule has 0 saturated carbocycles. The molecule has 3 aromatic rings. The number of fused-ring (bicyclic) bond motifs is 1. The number of aryl methyl sites for hydroxylation is 1. The van der Waals surface area contributed by atoms with Crippen molar-refractivity contribution in [3.63, 3.8) is 0 Å². The summed E-state index contributed by atoms with van der Waals surface area (Å²) in [6, 6.07) is 10.6. The molecule has 0 radical (unpaired) electrons. The van der Waals surface area contributed by atoms with Crippen LogP contribution in [0.3, 0.4) is 0 Å². The number of carbonyl (C=O) groups excluding carboxylic acids is 2. The molecule has 156 valence electrons. The van der Waals surface area contributed by atoms with Crippen LogP contribution < -0.4 is 16.4 Å². The fourth-order valence-corrected chi connectivity index (χ4v) is 3.31. The summed E-state index contributed by atoms with van der Waals surface area (Å²) in [6.07, 6.45) is 2.66. The minimum Gasteiger partial charge on any atom is -0.267 e. The maximum atomic E-state index is 13.9. The Bertz CT molecular complexity index is 1160. The van der Waals surface area contributed by atoms with Crippen molar-refractivity contribution in [2.45, 2.75) is 32.7 Å². The van der Waals surface area contributed by atoms with Gasteiger partial charge in [0, 0.05) is 16.4 Å². The van der Waals surface area contributed by atoms with Gasteiger partial charge in [-0.3, -0.25) is 25.2 Å². The molecule has 3 rings (SSSR count). The molecule has 7 nitrogen and oxygen atoms in total. The molecule has 0 aliphatic rings. The highest BCUT2D eigenvalue weighted by Crippen LogP contribution is 2.16. The molecule has 2 N–H and O–H groups in total. The van der Waals surface area contributed by atoms with E-state index in [4.69, 9.17) is 0 Å². The van der Waals surface area contributed by atoms with Gasteiger partial charge in [0.2, 0.25) is 0 Å². The van der Waals surface area contributed by atoms with Crippen LogP contribution in [0.1, 0.15) is 47.0 Å². The Balaban J connectivity index is 1.85. The summed E-state index contributed by atoms with van der Waals surface area (Å²) in [7, 11) is 0. The largest absolute Gasteiger partial charge is 0.290 e. The van der Waals surface area contributed by atoms with Crippen molar-refractivity contribution in [2.75, 3.05) is 0 Å². The van der Waals surface area contributed by atoms with Crippen LogP contribution in [0.2, 0.25) is 0 Å². The quantitative estimate of drug-likeness (QED) is 0.421. The van der Waals surface area contributed by atoms with Crippen molar-refractivity contribution in [3.8, 4) is 0 Å². The van der Waals surface area contributed by atoms with Gasteiger partial charge in [0.05, 0.1) is 10.9 Å². The number of benzene rings is 2. The van der Waals surface area contributed by atoms with Crippen LogP contribution in [-0.4, -0.2) is 21.6 Å². The summed E-state index contributed by atoms with van der Waals surface area (Å²) in [5.41, 5.74) is 3.94. The molecule has 0 atom stereocenters. The van der Waals surface area contributed by atoms with Crippen LogP contribution in [0.5, 0.6) is 0 Å². The molecule has 30 heavy (non-hydrogen) atoms. The zero-order chi connectivity index (χ0) is 21.7. The Morgan fingerprint density at radius 3 is 2.47 bits per heavy atom. The number of aromatic nitrogens is 2. The van der Waals surface area contributed by atoms with Gasteiger partial charge in [-0.25, -0.2) is 9.07 Å². The molecule has 1 heterocycles. The normalized spacial score (nSPS) is 10.8. The minimum absolute atomic E-state index is 0.00160. The third kappa shape index (κ3) is 4.73. The van der Waals surface area contributed by atoms with Crippen molar-refractivity contribution in [2.24, 2.45) is 0 Å². The van der Waals surface area contributed by atoms with Crippen molar-refractivity contribution >= 4 is 38.5 Å². The lowest BCUT2D eigenvalue weighted by Crippen LogP contribution is -2.43. The minimum atomic E-state index is -0.811. The van der Waals surface area contributed by atoms with E-state index in [0.717, 1.165) is 25.3 Å². The van der Waals surface area contributed by atoms with Gasteiger partial charge >= 0.3 is 0 Å². The van der Waals surface area contributed by atoms with E-state index in [1.165, 1.54) is 16.8 Å². The number of carbonyl (C=O) groups is 2. The lowest BCUT2D eigenvalue weighted by atomic mass is 10.1. The van der Waals surface area contributed by atoms with Crippen molar-refractivity contribution in [1.29, 1.82) is 0 Å². The third-order valence-corrected chi connectivity index (χ3v) is 5.01. The van der Waals surface area contributed by atoms with Gasteiger partial charge in [0.25, 0.3) is 17.4 Å². The fourth-order valence-electron chi connectivity index (χ4n) is 2.98. The first-order chi connectivity index (χ1) is 14.4. The standard InChI is InChI=1S/C21H20BrFN4O3/c1-2-3-6-11-27-21(30)15-8-5-4-7-14(15)18(26-27)20(29)25-24-19(28)16-10-9-13(22)12-17(16)23/h4-5,7-10,12H,2-3,6,11H2,1H3,(H,24,28)(H,25,29). The maximum absolute atomic E-state index is 13.9. The molecule has 0 aliphatic heterocycles. The Hall–Kier alpha value is -3.07. The highest BCUT2D eigenvalue weighted by molar-refractivity contribution is 9.10. The van der Waals surface area contributed by atoms with Gasteiger partial charge in [0.1, 0.15) is 5.82 Å². The number of unbranched alkanes of at least 4 members (excludes halogenated alkanes) is 2. The lowest BCUT2D eigenvalue weighted by Gasteiger charge is -2.12. The second-order valence-electron chi connectivity index (χ2n) is 6.66. The van der Waals surface area contributed by atoms with E-state index in [-0.39, 0.29) is 16.8 Å². The Morgan fingerprint density at radius 1 is 1.07 bits per heavy atom. The molecule has 0 spiro atoms. The molecule has 0 saturated heterocycles. The maximum Gasteiger partial charge on any atom is 0.290 e. The third-order valence-electron chi connectivity index (χ3n) is 4.52. The summed E-state index contributed by atoms with van der Waals surface area (Å²) in [5.74, 6) is -2.25. The molecule has 9 heteroatoms. The predicted octanol–water partition coefficient (Wildman–Crippen LogP) is 3.56. The molecule has 0 unspecified atom stereocenters. The van der Waals surface area contributed by atoms with E-state index in [1.807, 2.05) is 6.92 Å². The number of hydrogen-bond donors (Lipinski definition) is 2. The second-order valence-corrected chi connectivity index (χ2v) is 7.58. The molecule has 2 aromatic carbocycles. The summed E-state index contributed by atoms with van der Waals surface area (Å²) in [6.45, 7) is 2.43. The van der Waals surface area contributed by atoms with Gasteiger partial charge in [-0.2, -0.15) is 5.10 Å². The number of nitrogens with one attached hydrogen (secondary N) is 2. The number of nitrogens with zero attached hydrogens (tertiary/aromatic N) is 2. The van der Waals surface area contributed by atoms with Crippen molar-refractivity contribution in [3.05, 3.63) is 74.4 Å². The summed E-state index contributed by atoms with van der Waals surface area (Å²) >= 11 is 3.12. The molecular weight excluding hydrogens is 455 g/mol. The van der Waals surface area contributed by atoms with E-state index in [9.17, 15) is 18.8 Å². The Kier molecular flexibility index (Phi) is 6.94. The van der Waals surface area contributed by atoms with Gasteiger partial charge in [-0.1, -0.05) is 53.9 Å². The molecular formula is C21H20BrFN4O3. The van der Waals surface area contributed by atoms with Crippen LogP contribution in [-0.2, 0) is 6.54 Å². The van der Waals surface area contributed by atoms with Crippen LogP contribution in [0, 0.1) is 5.82 Å². The van der Waals surface area contributed by atoms with E-state index in [2.05, 4.69) is 31.9 Å². The van der Waals surface area contributed by atoms with Crippen LogP contribution >= 0.6 is 15.9 Å². The number of amides is 2. The van der Waals surface area contributed by atoms with Crippen molar-refractivity contribution in [1.82, 2.24) is 20.6 Å². The summed E-state index contributed by atoms with van der Waals surface area (Å²) in [4.78, 5) is 37.6. The first kappa shape index (κ1) is 21.6. The lowest BCUT2D eigenvalue weighted by molar-refractivity contribution is 0.0841. The number of rotatable bonds is 6. The molecule has 2 amide bonds. The van der Waals surface area contributed by atoms with E-state index in [0.29, 0.717) is 21.8 Å². The molecule has 0 bridgehead atoms. The Labute approximate surface area is 180 Å². The monoisotopic (exact) mass is 474 g/mol. The van der Waals surface area contributed by atoms with Crippen molar-refractivity contribution < 1.29 is 14.0 Å².